The third kappa shape index (κ3) is 3.00. The lowest BCUT2D eigenvalue weighted by molar-refractivity contribution is 0.202. The number of anilines is 1. The van der Waals surface area contributed by atoms with Crippen LogP contribution in [0.5, 0.6) is 0 Å². The Morgan fingerprint density at radius 2 is 1.94 bits per heavy atom. The lowest BCUT2D eigenvalue weighted by Crippen LogP contribution is -2.35. The van der Waals surface area contributed by atoms with Crippen LogP contribution in [0.1, 0.15) is 18.4 Å². The quantitative estimate of drug-likeness (QED) is 0.899. The van der Waals surface area contributed by atoms with Crippen molar-refractivity contribution in [2.45, 2.75) is 19.4 Å². The highest BCUT2D eigenvalue weighted by atomic mass is 79.9. The van der Waals surface area contributed by atoms with E-state index in [1.807, 2.05) is 12.1 Å². The van der Waals surface area contributed by atoms with Crippen molar-refractivity contribution < 1.29 is 10.2 Å². The van der Waals surface area contributed by atoms with Gasteiger partial charge in [-0.2, -0.15) is 0 Å². The molecule has 0 radical (unpaired) electrons. The number of hydrogen-bond acceptors (Lipinski definition) is 3. The van der Waals surface area contributed by atoms with Crippen LogP contribution in [-0.4, -0.2) is 29.9 Å². The van der Waals surface area contributed by atoms with Crippen molar-refractivity contribution in [2.75, 3.05) is 24.6 Å². The molecule has 0 spiro atoms. The molecule has 0 unspecified atom stereocenters. The number of aliphatic hydroxyl groups is 2. The molecular formula is C13H18BrNO2. The maximum Gasteiger partial charge on any atom is 0.0702 e. The van der Waals surface area contributed by atoms with E-state index in [0.29, 0.717) is 12.5 Å². The Balaban J connectivity index is 2.14. The molecule has 1 aromatic rings. The van der Waals surface area contributed by atoms with Gasteiger partial charge >= 0.3 is 0 Å². The fourth-order valence-corrected chi connectivity index (χ4v) is 2.67. The average Bonchev–Trinajstić information content (AvgIpc) is 2.39. The fraction of sp³-hybridized carbons (Fsp3) is 0.538. The van der Waals surface area contributed by atoms with E-state index >= 15 is 0 Å². The van der Waals surface area contributed by atoms with E-state index in [-0.39, 0.29) is 6.61 Å². The first kappa shape index (κ1) is 12.9. The van der Waals surface area contributed by atoms with Gasteiger partial charge in [0.25, 0.3) is 0 Å². The van der Waals surface area contributed by atoms with Crippen LogP contribution >= 0.6 is 15.9 Å². The molecule has 1 fully saturated rings. The van der Waals surface area contributed by atoms with Crippen LogP contribution in [0.15, 0.2) is 22.7 Å². The summed E-state index contributed by atoms with van der Waals surface area (Å²) in [5.74, 6) is 0.441. The second-order valence-corrected chi connectivity index (χ2v) is 5.46. The fourth-order valence-electron chi connectivity index (χ4n) is 2.32. The van der Waals surface area contributed by atoms with Gasteiger partial charge in [0.1, 0.15) is 0 Å². The van der Waals surface area contributed by atoms with E-state index in [1.54, 1.807) is 0 Å². The van der Waals surface area contributed by atoms with Crippen molar-refractivity contribution in [1.29, 1.82) is 0 Å². The Hall–Kier alpha value is -0.580. The summed E-state index contributed by atoms with van der Waals surface area (Å²) in [5.41, 5.74) is 2.08. The van der Waals surface area contributed by atoms with Crippen molar-refractivity contribution in [3.63, 3.8) is 0 Å². The average molecular weight is 300 g/mol. The molecule has 4 heteroatoms. The minimum absolute atomic E-state index is 0.0720. The molecule has 0 amide bonds. The van der Waals surface area contributed by atoms with E-state index in [4.69, 9.17) is 5.11 Å². The van der Waals surface area contributed by atoms with E-state index < -0.39 is 0 Å². The van der Waals surface area contributed by atoms with Crippen LogP contribution in [-0.2, 0) is 6.61 Å². The Labute approximate surface area is 110 Å². The third-order valence-electron chi connectivity index (χ3n) is 3.43. The van der Waals surface area contributed by atoms with Crippen LogP contribution < -0.4 is 4.90 Å². The molecule has 2 N–H and O–H groups in total. The van der Waals surface area contributed by atoms with Crippen molar-refractivity contribution in [1.82, 2.24) is 0 Å². The predicted octanol–water partition coefficient (Wildman–Crippen LogP) is 2.15. The monoisotopic (exact) mass is 299 g/mol. The first-order valence-electron chi connectivity index (χ1n) is 5.99. The standard InChI is InChI=1S/C13H18BrNO2/c14-12-2-1-11(9-17)13(7-12)15-5-3-10(8-16)4-6-15/h1-2,7,10,16-17H,3-6,8-9H2. The lowest BCUT2D eigenvalue weighted by atomic mass is 9.97. The highest BCUT2D eigenvalue weighted by Crippen LogP contribution is 2.29. The molecule has 0 atom stereocenters. The predicted molar refractivity (Wildman–Crippen MR) is 72.1 cm³/mol. The van der Waals surface area contributed by atoms with Gasteiger partial charge in [0.05, 0.1) is 6.61 Å². The van der Waals surface area contributed by atoms with Gasteiger partial charge < -0.3 is 15.1 Å². The van der Waals surface area contributed by atoms with Gasteiger partial charge in [-0.25, -0.2) is 0 Å². The van der Waals surface area contributed by atoms with Gasteiger partial charge in [-0.3, -0.25) is 0 Å². The van der Waals surface area contributed by atoms with Crippen LogP contribution in [0.3, 0.4) is 0 Å². The zero-order valence-corrected chi connectivity index (χ0v) is 11.4. The molecule has 1 saturated heterocycles. The van der Waals surface area contributed by atoms with E-state index in [0.717, 1.165) is 41.7 Å². The summed E-state index contributed by atoms with van der Waals surface area (Å²) in [6, 6.07) is 5.97. The lowest BCUT2D eigenvalue weighted by Gasteiger charge is -2.34. The smallest absolute Gasteiger partial charge is 0.0702 e. The summed E-state index contributed by atoms with van der Waals surface area (Å²) in [4.78, 5) is 2.29. The molecule has 94 valence electrons. The molecule has 3 nitrogen and oxygen atoms in total. The Bertz CT molecular complexity index is 376. The third-order valence-corrected chi connectivity index (χ3v) is 3.92. The van der Waals surface area contributed by atoms with Crippen molar-refractivity contribution in [2.24, 2.45) is 5.92 Å². The Morgan fingerprint density at radius 3 is 2.53 bits per heavy atom. The molecule has 0 saturated carbocycles. The molecule has 0 bridgehead atoms. The summed E-state index contributed by atoms with van der Waals surface area (Å²) in [7, 11) is 0. The van der Waals surface area contributed by atoms with Crippen LogP contribution in [0.2, 0.25) is 0 Å². The molecular weight excluding hydrogens is 282 g/mol. The number of aliphatic hydroxyl groups excluding tert-OH is 2. The van der Waals surface area contributed by atoms with Crippen LogP contribution in [0.4, 0.5) is 5.69 Å². The second-order valence-electron chi connectivity index (χ2n) is 4.54. The highest BCUT2D eigenvalue weighted by molar-refractivity contribution is 9.10. The maximum absolute atomic E-state index is 9.36. The molecule has 1 aromatic carbocycles. The van der Waals surface area contributed by atoms with Crippen molar-refractivity contribution in [3.05, 3.63) is 28.2 Å². The number of rotatable bonds is 3. The van der Waals surface area contributed by atoms with Gasteiger partial charge in [0, 0.05) is 35.4 Å². The van der Waals surface area contributed by atoms with E-state index in [2.05, 4.69) is 26.9 Å². The number of hydrogen-bond donors (Lipinski definition) is 2. The number of halogens is 1. The molecule has 1 aliphatic rings. The highest BCUT2D eigenvalue weighted by Gasteiger charge is 2.20. The van der Waals surface area contributed by atoms with Gasteiger partial charge in [0.2, 0.25) is 0 Å². The van der Waals surface area contributed by atoms with E-state index in [9.17, 15) is 5.11 Å². The first-order valence-corrected chi connectivity index (χ1v) is 6.79. The minimum atomic E-state index is 0.0720. The molecule has 1 aliphatic heterocycles. The van der Waals surface area contributed by atoms with E-state index in [1.165, 1.54) is 0 Å². The molecule has 1 heterocycles. The largest absolute Gasteiger partial charge is 0.396 e. The zero-order valence-electron chi connectivity index (χ0n) is 9.77. The molecule has 2 rings (SSSR count). The number of nitrogens with zero attached hydrogens (tertiary/aromatic N) is 1. The minimum Gasteiger partial charge on any atom is -0.396 e. The van der Waals surface area contributed by atoms with Crippen LogP contribution in [0, 0.1) is 5.92 Å². The zero-order chi connectivity index (χ0) is 12.3. The molecule has 17 heavy (non-hydrogen) atoms. The van der Waals surface area contributed by atoms with Crippen molar-refractivity contribution >= 4 is 21.6 Å². The summed E-state index contributed by atoms with van der Waals surface area (Å²) in [5, 5.41) is 18.5. The van der Waals surface area contributed by atoms with Gasteiger partial charge in [0.15, 0.2) is 0 Å². The SMILES string of the molecule is OCc1ccc(Br)cc1N1CCC(CO)CC1. The summed E-state index contributed by atoms with van der Waals surface area (Å²) in [6.45, 7) is 2.27. The molecule has 0 aromatic heterocycles. The first-order chi connectivity index (χ1) is 8.24. The Kier molecular flexibility index (Phi) is 4.42. The topological polar surface area (TPSA) is 43.7 Å². The Morgan fingerprint density at radius 1 is 1.24 bits per heavy atom. The second kappa shape index (κ2) is 5.85. The normalized spacial score (nSPS) is 17.5. The number of benzene rings is 1. The summed E-state index contributed by atoms with van der Waals surface area (Å²) >= 11 is 3.47. The van der Waals surface area contributed by atoms with Crippen molar-refractivity contribution in [3.8, 4) is 0 Å². The molecule has 0 aliphatic carbocycles. The number of piperidine rings is 1. The van der Waals surface area contributed by atoms with Crippen LogP contribution in [0.25, 0.3) is 0 Å². The van der Waals surface area contributed by atoms with Gasteiger partial charge in [-0.05, 0) is 30.9 Å². The summed E-state index contributed by atoms with van der Waals surface area (Å²) in [6.07, 6.45) is 2.04. The maximum atomic E-state index is 9.36. The van der Waals surface area contributed by atoms with Gasteiger partial charge in [-0.1, -0.05) is 22.0 Å². The summed E-state index contributed by atoms with van der Waals surface area (Å²) < 4.78 is 1.04. The van der Waals surface area contributed by atoms with Gasteiger partial charge in [-0.15, -0.1) is 0 Å².